The van der Waals surface area contributed by atoms with Gasteiger partial charge in [-0.3, -0.25) is 0 Å². The van der Waals surface area contributed by atoms with Gasteiger partial charge in [-0.25, -0.2) is 15.0 Å². The number of hydrogen-bond donors (Lipinski definition) is 1. The first kappa shape index (κ1) is 31.7. The molecule has 0 amide bonds. The molecule has 0 radical (unpaired) electrons. The van der Waals surface area contributed by atoms with Crippen molar-refractivity contribution < 1.29 is 9.47 Å². The van der Waals surface area contributed by atoms with Gasteiger partial charge in [-0.05, 0) is 100 Å². The maximum Gasteiger partial charge on any atom is 0.170 e. The van der Waals surface area contributed by atoms with E-state index in [4.69, 9.17) is 24.4 Å². The Bertz CT molecular complexity index is 2710. The smallest absolute Gasteiger partial charge is 0.170 e. The van der Waals surface area contributed by atoms with Crippen molar-refractivity contribution in [3.8, 4) is 79.4 Å². The number of hydrogen-bond acceptors (Lipinski definition) is 6. The Kier molecular flexibility index (Phi) is 7.37. The fraction of sp³-hybridized carbons (Fsp3) is 0.0625. The van der Waals surface area contributed by atoms with Crippen LogP contribution in [0.25, 0.3) is 56.4 Å². The summed E-state index contributed by atoms with van der Waals surface area (Å²) in [4.78, 5) is 14.9. The summed E-state index contributed by atoms with van der Waals surface area (Å²) in [5, 5.41) is 3.45. The molecule has 258 valence electrons. The molecule has 6 heteroatoms. The van der Waals surface area contributed by atoms with Crippen molar-refractivity contribution in [3.05, 3.63) is 175 Å². The molecule has 1 aliphatic heterocycles. The fourth-order valence-corrected chi connectivity index (χ4v) is 7.54. The molecule has 8 aromatic rings. The molecule has 2 aliphatic rings. The number of aromatic nitrogens is 3. The normalized spacial score (nSPS) is 13.1. The highest BCUT2D eigenvalue weighted by atomic mass is 16.6. The molecule has 2 heterocycles. The van der Waals surface area contributed by atoms with E-state index in [0.717, 1.165) is 50.7 Å². The summed E-state index contributed by atoms with van der Waals surface area (Å²) in [5.41, 5.74) is 11.6. The highest BCUT2D eigenvalue weighted by molar-refractivity contribution is 5.84. The molecule has 0 spiro atoms. The lowest BCUT2D eigenvalue weighted by Crippen LogP contribution is -2.15. The van der Waals surface area contributed by atoms with Crippen LogP contribution in [0.4, 0.5) is 11.4 Å². The summed E-state index contributed by atoms with van der Waals surface area (Å²) < 4.78 is 13.0. The van der Waals surface area contributed by atoms with Crippen molar-refractivity contribution in [3.63, 3.8) is 0 Å². The van der Waals surface area contributed by atoms with E-state index in [1.807, 2.05) is 109 Å². The molecule has 7 aromatic carbocycles. The zero-order valence-corrected chi connectivity index (χ0v) is 29.7. The first-order valence-electron chi connectivity index (χ1n) is 18.1. The maximum absolute atomic E-state index is 6.58. The summed E-state index contributed by atoms with van der Waals surface area (Å²) in [6.07, 6.45) is 0. The van der Waals surface area contributed by atoms with Crippen molar-refractivity contribution in [2.45, 2.75) is 19.3 Å². The third-order valence-electron chi connectivity index (χ3n) is 10.4. The van der Waals surface area contributed by atoms with Gasteiger partial charge in [-0.2, -0.15) is 0 Å². The van der Waals surface area contributed by atoms with E-state index < -0.39 is 0 Å². The molecule has 6 nitrogen and oxygen atoms in total. The minimum absolute atomic E-state index is 0.134. The van der Waals surface area contributed by atoms with E-state index in [9.17, 15) is 0 Å². The first-order valence-corrected chi connectivity index (χ1v) is 18.1. The van der Waals surface area contributed by atoms with Crippen molar-refractivity contribution >= 4 is 11.4 Å². The second-order valence-corrected chi connectivity index (χ2v) is 14.2. The van der Waals surface area contributed by atoms with Crippen LogP contribution < -0.4 is 14.8 Å². The van der Waals surface area contributed by atoms with Gasteiger partial charge in [-0.1, -0.05) is 111 Å². The predicted octanol–water partition coefficient (Wildman–Crippen LogP) is 12.5. The molecular weight excluding hydrogens is 665 g/mol. The molecule has 0 saturated carbocycles. The van der Waals surface area contributed by atoms with Gasteiger partial charge >= 0.3 is 0 Å². The SMILES string of the molecule is CC1(C)c2ccccc2-c2cc3c(cc21)Oc1cc(-c2cccc(-c4nc(-c5ccccc5)nc(-c5ccc(Nc6ccccc6)cc5)n4)c2)ccc1O3. The van der Waals surface area contributed by atoms with Gasteiger partial charge in [0.1, 0.15) is 0 Å². The standard InChI is InChI=1S/C48H34N4O2/c1-48(2)39-19-10-9-18-37(39)38-28-43-44(29-40(38)48)54-42-27-33(22-25-41(42)53-43)32-14-11-15-34(26-32)47-51-45(30-12-5-3-6-13-30)50-46(52-47)31-20-23-36(24-21-31)49-35-16-7-4-8-17-35/h3-29,49H,1-2H3. The van der Waals surface area contributed by atoms with Crippen LogP contribution in [-0.2, 0) is 5.41 Å². The molecule has 0 saturated heterocycles. The van der Waals surface area contributed by atoms with Gasteiger partial charge in [0.05, 0.1) is 0 Å². The van der Waals surface area contributed by atoms with Crippen LogP contribution in [0.15, 0.2) is 164 Å². The number of nitrogens with one attached hydrogen (secondary N) is 1. The number of anilines is 2. The van der Waals surface area contributed by atoms with Crippen LogP contribution in [0.5, 0.6) is 23.0 Å². The largest absolute Gasteiger partial charge is 0.449 e. The Morgan fingerprint density at radius 2 is 0.926 bits per heavy atom. The molecular formula is C48H34N4O2. The van der Waals surface area contributed by atoms with Crippen LogP contribution in [0.3, 0.4) is 0 Å². The number of para-hydroxylation sites is 1. The number of ether oxygens (including phenoxy) is 2. The lowest BCUT2D eigenvalue weighted by Gasteiger charge is -2.25. The fourth-order valence-electron chi connectivity index (χ4n) is 7.54. The van der Waals surface area contributed by atoms with E-state index >= 15 is 0 Å². The third kappa shape index (κ3) is 5.56. The van der Waals surface area contributed by atoms with Crippen LogP contribution in [-0.4, -0.2) is 15.0 Å². The average molecular weight is 699 g/mol. The summed E-state index contributed by atoms with van der Waals surface area (Å²) in [6, 6.07) is 55.6. The van der Waals surface area contributed by atoms with Gasteiger partial charge < -0.3 is 14.8 Å². The van der Waals surface area contributed by atoms with Gasteiger partial charge in [0.2, 0.25) is 0 Å². The molecule has 0 atom stereocenters. The predicted molar refractivity (Wildman–Crippen MR) is 215 cm³/mol. The van der Waals surface area contributed by atoms with Gasteiger partial charge in [0, 0.05) is 33.5 Å². The Morgan fingerprint density at radius 1 is 0.389 bits per heavy atom. The topological polar surface area (TPSA) is 69.2 Å². The van der Waals surface area contributed by atoms with E-state index in [1.54, 1.807) is 0 Å². The molecule has 10 rings (SSSR count). The quantitative estimate of drug-likeness (QED) is 0.186. The lowest BCUT2D eigenvalue weighted by atomic mass is 9.82. The minimum Gasteiger partial charge on any atom is -0.449 e. The lowest BCUT2D eigenvalue weighted by molar-refractivity contribution is 0.359. The van der Waals surface area contributed by atoms with Crippen molar-refractivity contribution in [2.24, 2.45) is 0 Å². The average Bonchev–Trinajstić information content (AvgIpc) is 3.44. The Hall–Kier alpha value is -7.05. The highest BCUT2D eigenvalue weighted by Crippen LogP contribution is 2.55. The third-order valence-corrected chi connectivity index (χ3v) is 10.4. The van der Waals surface area contributed by atoms with Gasteiger partial charge in [0.15, 0.2) is 40.5 Å². The zero-order chi connectivity index (χ0) is 36.2. The molecule has 1 aromatic heterocycles. The first-order chi connectivity index (χ1) is 26.5. The number of fused-ring (bicyclic) bond motifs is 5. The Morgan fingerprint density at radius 3 is 1.70 bits per heavy atom. The molecule has 0 fully saturated rings. The second kappa shape index (κ2) is 12.6. The number of benzene rings is 7. The van der Waals surface area contributed by atoms with E-state index in [-0.39, 0.29) is 5.41 Å². The van der Waals surface area contributed by atoms with Crippen molar-refractivity contribution in [1.82, 2.24) is 15.0 Å². The second-order valence-electron chi connectivity index (χ2n) is 14.2. The molecule has 0 bridgehead atoms. The van der Waals surface area contributed by atoms with Crippen LogP contribution in [0.1, 0.15) is 25.0 Å². The molecule has 1 N–H and O–H groups in total. The summed E-state index contributed by atoms with van der Waals surface area (Å²) in [7, 11) is 0. The van der Waals surface area contributed by atoms with Gasteiger partial charge in [0.25, 0.3) is 0 Å². The summed E-state index contributed by atoms with van der Waals surface area (Å²) in [6.45, 7) is 4.54. The van der Waals surface area contributed by atoms with Crippen LogP contribution in [0.2, 0.25) is 0 Å². The Balaban J connectivity index is 0.979. The summed E-state index contributed by atoms with van der Waals surface area (Å²) >= 11 is 0. The number of nitrogens with zero attached hydrogens (tertiary/aromatic N) is 3. The minimum atomic E-state index is -0.134. The van der Waals surface area contributed by atoms with Crippen molar-refractivity contribution in [2.75, 3.05) is 5.32 Å². The van der Waals surface area contributed by atoms with E-state index in [1.165, 1.54) is 22.3 Å². The van der Waals surface area contributed by atoms with Crippen molar-refractivity contribution in [1.29, 1.82) is 0 Å². The molecule has 1 aliphatic carbocycles. The highest BCUT2D eigenvalue weighted by Gasteiger charge is 2.37. The van der Waals surface area contributed by atoms with Crippen LogP contribution >= 0.6 is 0 Å². The summed E-state index contributed by atoms with van der Waals surface area (Å²) in [5.74, 6) is 4.63. The Labute approximate surface area is 313 Å². The van der Waals surface area contributed by atoms with Crippen LogP contribution in [0, 0.1) is 0 Å². The van der Waals surface area contributed by atoms with Gasteiger partial charge in [-0.15, -0.1) is 0 Å². The monoisotopic (exact) mass is 698 g/mol. The molecule has 54 heavy (non-hydrogen) atoms. The van der Waals surface area contributed by atoms with E-state index in [2.05, 4.69) is 73.8 Å². The number of rotatable bonds is 6. The zero-order valence-electron chi connectivity index (χ0n) is 29.7. The van der Waals surface area contributed by atoms with E-state index in [0.29, 0.717) is 29.0 Å². The molecule has 0 unspecified atom stereocenters. The maximum atomic E-state index is 6.58.